The lowest BCUT2D eigenvalue weighted by molar-refractivity contribution is 0.401. The summed E-state index contributed by atoms with van der Waals surface area (Å²) in [6.45, 7) is 3.06. The summed E-state index contributed by atoms with van der Waals surface area (Å²) < 4.78 is 24.3. The van der Waals surface area contributed by atoms with E-state index in [1.807, 2.05) is 0 Å². The van der Waals surface area contributed by atoms with Crippen molar-refractivity contribution < 1.29 is 8.42 Å². The molecular formula is C16H33NO2S. The van der Waals surface area contributed by atoms with Gasteiger partial charge in [-0.25, -0.2) is 8.42 Å². The van der Waals surface area contributed by atoms with Gasteiger partial charge in [-0.15, -0.1) is 0 Å². The van der Waals surface area contributed by atoms with Gasteiger partial charge in [-0.2, -0.15) is 0 Å². The standard InChI is InChI=1S/C16H33NO2S/c1-3-14-17-15-12-10-8-6-4-5-7-9-11-13-16(15)20(2,18)19/h15-17H,3-14H2,1-2H3. The second-order valence-electron chi connectivity index (χ2n) is 6.33. The summed E-state index contributed by atoms with van der Waals surface area (Å²) in [7, 11) is -2.96. The van der Waals surface area contributed by atoms with Crippen molar-refractivity contribution in [3.8, 4) is 0 Å². The van der Waals surface area contributed by atoms with Crippen LogP contribution in [0.1, 0.15) is 77.6 Å². The molecule has 2 unspecified atom stereocenters. The zero-order valence-electron chi connectivity index (χ0n) is 13.4. The molecule has 0 bridgehead atoms. The van der Waals surface area contributed by atoms with E-state index in [9.17, 15) is 8.42 Å². The third-order valence-electron chi connectivity index (χ3n) is 4.41. The fraction of sp³-hybridized carbons (Fsp3) is 1.00. The first-order chi connectivity index (χ1) is 9.55. The number of sulfone groups is 1. The van der Waals surface area contributed by atoms with Crippen molar-refractivity contribution in [1.29, 1.82) is 0 Å². The van der Waals surface area contributed by atoms with E-state index in [-0.39, 0.29) is 11.3 Å². The zero-order chi connectivity index (χ0) is 14.8. The van der Waals surface area contributed by atoms with Crippen molar-refractivity contribution in [3.63, 3.8) is 0 Å². The minimum Gasteiger partial charge on any atom is -0.313 e. The van der Waals surface area contributed by atoms with Crippen molar-refractivity contribution >= 4 is 9.84 Å². The van der Waals surface area contributed by atoms with Crippen molar-refractivity contribution in [2.75, 3.05) is 12.8 Å². The van der Waals surface area contributed by atoms with Gasteiger partial charge in [0.15, 0.2) is 9.84 Å². The number of hydrogen-bond acceptors (Lipinski definition) is 3. The topological polar surface area (TPSA) is 46.2 Å². The quantitative estimate of drug-likeness (QED) is 0.861. The summed E-state index contributed by atoms with van der Waals surface area (Å²) in [5.41, 5.74) is 0. The molecule has 0 spiro atoms. The van der Waals surface area contributed by atoms with E-state index in [0.717, 1.165) is 38.6 Å². The summed E-state index contributed by atoms with van der Waals surface area (Å²) in [6, 6.07) is 0.157. The minimum absolute atomic E-state index is 0.157. The molecule has 1 aliphatic rings. The van der Waals surface area contributed by atoms with Crippen LogP contribution >= 0.6 is 0 Å². The molecule has 4 heteroatoms. The zero-order valence-corrected chi connectivity index (χ0v) is 14.2. The fourth-order valence-electron chi connectivity index (χ4n) is 3.23. The van der Waals surface area contributed by atoms with Crippen LogP contribution in [0, 0.1) is 0 Å². The maximum atomic E-state index is 12.1. The Bertz CT molecular complexity index is 340. The SMILES string of the molecule is CCCNC1CCCCCCCCCCC1S(C)(=O)=O. The molecule has 1 rings (SSSR count). The lowest BCUT2D eigenvalue weighted by Gasteiger charge is -2.27. The molecule has 1 N–H and O–H groups in total. The Morgan fingerprint density at radius 3 is 1.90 bits per heavy atom. The second-order valence-corrected chi connectivity index (χ2v) is 8.60. The number of nitrogens with one attached hydrogen (secondary N) is 1. The molecule has 1 saturated carbocycles. The average Bonchev–Trinajstić information content (AvgIpc) is 2.36. The number of rotatable bonds is 4. The van der Waals surface area contributed by atoms with E-state index in [2.05, 4.69) is 12.2 Å². The lowest BCUT2D eigenvalue weighted by atomic mass is 9.97. The summed E-state index contributed by atoms with van der Waals surface area (Å²) in [6.07, 6.45) is 14.2. The maximum absolute atomic E-state index is 12.1. The van der Waals surface area contributed by atoms with Crippen LogP contribution in [0.3, 0.4) is 0 Å². The van der Waals surface area contributed by atoms with Gasteiger partial charge < -0.3 is 5.32 Å². The Kier molecular flexibility index (Phi) is 8.78. The van der Waals surface area contributed by atoms with E-state index >= 15 is 0 Å². The van der Waals surface area contributed by atoms with Crippen LogP contribution in [0.5, 0.6) is 0 Å². The van der Waals surface area contributed by atoms with Crippen molar-refractivity contribution in [3.05, 3.63) is 0 Å². The van der Waals surface area contributed by atoms with Gasteiger partial charge in [-0.3, -0.25) is 0 Å². The first-order valence-electron chi connectivity index (χ1n) is 8.48. The van der Waals surface area contributed by atoms with Crippen LogP contribution < -0.4 is 5.32 Å². The Morgan fingerprint density at radius 1 is 0.900 bits per heavy atom. The normalized spacial score (nSPS) is 27.5. The van der Waals surface area contributed by atoms with Gasteiger partial charge in [0.2, 0.25) is 0 Å². The third-order valence-corrected chi connectivity index (χ3v) is 6.07. The first kappa shape index (κ1) is 18.0. The fourth-order valence-corrected chi connectivity index (χ4v) is 4.66. The Morgan fingerprint density at radius 2 is 1.40 bits per heavy atom. The third kappa shape index (κ3) is 7.07. The Hall–Kier alpha value is -0.0900. The van der Waals surface area contributed by atoms with Gasteiger partial charge in [0.1, 0.15) is 0 Å². The molecule has 3 nitrogen and oxygen atoms in total. The average molecular weight is 304 g/mol. The molecule has 1 fully saturated rings. The van der Waals surface area contributed by atoms with Gasteiger partial charge in [-0.1, -0.05) is 58.3 Å². The Balaban J connectivity index is 2.70. The molecule has 120 valence electrons. The highest BCUT2D eigenvalue weighted by molar-refractivity contribution is 7.91. The van der Waals surface area contributed by atoms with Crippen molar-refractivity contribution in [1.82, 2.24) is 5.32 Å². The second kappa shape index (κ2) is 9.78. The highest BCUT2D eigenvalue weighted by Gasteiger charge is 2.29. The largest absolute Gasteiger partial charge is 0.313 e. The van der Waals surface area contributed by atoms with E-state index in [1.54, 1.807) is 0 Å². The van der Waals surface area contributed by atoms with Gasteiger partial charge in [0.25, 0.3) is 0 Å². The molecule has 2 atom stereocenters. The van der Waals surface area contributed by atoms with Gasteiger partial charge in [0, 0.05) is 12.3 Å². The molecule has 20 heavy (non-hydrogen) atoms. The van der Waals surface area contributed by atoms with Crippen LogP contribution in [0.2, 0.25) is 0 Å². The summed E-state index contributed by atoms with van der Waals surface area (Å²) in [5.74, 6) is 0. The molecule has 0 aromatic rings. The van der Waals surface area contributed by atoms with E-state index in [1.165, 1.54) is 44.8 Å². The molecule has 0 saturated heterocycles. The van der Waals surface area contributed by atoms with Gasteiger partial charge >= 0.3 is 0 Å². The molecule has 0 amide bonds. The maximum Gasteiger partial charge on any atom is 0.151 e. The minimum atomic E-state index is -2.96. The number of hydrogen-bond donors (Lipinski definition) is 1. The van der Waals surface area contributed by atoms with E-state index < -0.39 is 9.84 Å². The van der Waals surface area contributed by atoms with E-state index in [0.29, 0.717) is 0 Å². The summed E-state index contributed by atoms with van der Waals surface area (Å²) in [4.78, 5) is 0. The highest BCUT2D eigenvalue weighted by Crippen LogP contribution is 2.21. The van der Waals surface area contributed by atoms with Gasteiger partial charge in [0.05, 0.1) is 5.25 Å². The molecule has 0 aliphatic heterocycles. The van der Waals surface area contributed by atoms with Crippen molar-refractivity contribution in [2.24, 2.45) is 0 Å². The van der Waals surface area contributed by atoms with Crippen LogP contribution in [-0.2, 0) is 9.84 Å². The highest BCUT2D eigenvalue weighted by atomic mass is 32.2. The summed E-state index contributed by atoms with van der Waals surface area (Å²) in [5, 5.41) is 3.31. The van der Waals surface area contributed by atoms with Gasteiger partial charge in [-0.05, 0) is 25.8 Å². The molecular weight excluding hydrogens is 270 g/mol. The van der Waals surface area contributed by atoms with Crippen LogP contribution in [0.25, 0.3) is 0 Å². The lowest BCUT2D eigenvalue weighted by Crippen LogP contribution is -2.44. The first-order valence-corrected chi connectivity index (χ1v) is 10.4. The molecule has 0 radical (unpaired) electrons. The van der Waals surface area contributed by atoms with Crippen molar-refractivity contribution in [2.45, 2.75) is 88.8 Å². The summed E-state index contributed by atoms with van der Waals surface area (Å²) >= 11 is 0. The van der Waals surface area contributed by atoms with Crippen LogP contribution in [0.15, 0.2) is 0 Å². The van der Waals surface area contributed by atoms with E-state index in [4.69, 9.17) is 0 Å². The predicted molar refractivity (Wildman–Crippen MR) is 86.9 cm³/mol. The predicted octanol–water partition coefficient (Wildman–Crippen LogP) is 3.68. The monoisotopic (exact) mass is 303 g/mol. The Labute approximate surface area is 125 Å². The van der Waals surface area contributed by atoms with Crippen LogP contribution in [0.4, 0.5) is 0 Å². The van der Waals surface area contributed by atoms with Crippen LogP contribution in [-0.4, -0.2) is 32.5 Å². The molecule has 0 heterocycles. The molecule has 1 aliphatic carbocycles. The molecule has 0 aromatic carbocycles. The molecule has 0 aromatic heterocycles. The smallest absolute Gasteiger partial charge is 0.151 e.